The van der Waals surface area contributed by atoms with Gasteiger partial charge in [-0.1, -0.05) is 12.1 Å². The molecule has 1 heterocycles. The summed E-state index contributed by atoms with van der Waals surface area (Å²) in [5.41, 5.74) is 7.23. The summed E-state index contributed by atoms with van der Waals surface area (Å²) in [6.45, 7) is 6.72. The average Bonchev–Trinajstić information content (AvgIpc) is 2.57. The molecule has 4 heteroatoms. The molecular formula is C16H26FN3. The topological polar surface area (TPSA) is 32.5 Å². The molecule has 0 saturated carbocycles. The maximum atomic E-state index is 12.9. The number of hydrogen-bond acceptors (Lipinski definition) is 3. The van der Waals surface area contributed by atoms with Crippen LogP contribution in [0, 0.1) is 5.82 Å². The minimum absolute atomic E-state index is 0.0104. The lowest BCUT2D eigenvalue weighted by Crippen LogP contribution is -2.39. The van der Waals surface area contributed by atoms with Crippen LogP contribution in [0.2, 0.25) is 0 Å². The van der Waals surface area contributed by atoms with Crippen LogP contribution in [-0.4, -0.2) is 49.1 Å². The molecule has 0 aliphatic carbocycles. The number of halogens is 1. The highest BCUT2D eigenvalue weighted by Crippen LogP contribution is 2.17. The minimum atomic E-state index is -0.204. The molecule has 0 radical (unpaired) electrons. The van der Waals surface area contributed by atoms with Crippen LogP contribution in [0.1, 0.15) is 31.4 Å². The van der Waals surface area contributed by atoms with Crippen molar-refractivity contribution >= 4 is 0 Å². The Bertz CT molecular complexity index is 407. The van der Waals surface area contributed by atoms with Crippen LogP contribution in [0.5, 0.6) is 0 Å². The smallest absolute Gasteiger partial charge is 0.123 e. The van der Waals surface area contributed by atoms with E-state index in [0.717, 1.165) is 31.6 Å². The Hall–Kier alpha value is -0.970. The van der Waals surface area contributed by atoms with Crippen LogP contribution < -0.4 is 5.73 Å². The zero-order valence-electron chi connectivity index (χ0n) is 12.6. The molecular weight excluding hydrogens is 253 g/mol. The molecule has 112 valence electrons. The average molecular weight is 279 g/mol. The molecule has 1 aliphatic rings. The zero-order valence-corrected chi connectivity index (χ0v) is 12.6. The SMILES string of the molecule is CC1CN(C)CCCN1CCC(N)c1ccc(F)cc1. The Morgan fingerprint density at radius 1 is 1.30 bits per heavy atom. The fourth-order valence-corrected chi connectivity index (χ4v) is 2.94. The van der Waals surface area contributed by atoms with Crippen LogP contribution in [0.4, 0.5) is 4.39 Å². The van der Waals surface area contributed by atoms with E-state index in [2.05, 4.69) is 23.8 Å². The molecule has 1 fully saturated rings. The van der Waals surface area contributed by atoms with Crippen molar-refractivity contribution in [1.82, 2.24) is 9.80 Å². The van der Waals surface area contributed by atoms with Crippen LogP contribution in [-0.2, 0) is 0 Å². The van der Waals surface area contributed by atoms with E-state index in [1.165, 1.54) is 25.1 Å². The largest absolute Gasteiger partial charge is 0.324 e. The van der Waals surface area contributed by atoms with E-state index in [1.807, 2.05) is 0 Å². The van der Waals surface area contributed by atoms with Gasteiger partial charge in [-0.15, -0.1) is 0 Å². The lowest BCUT2D eigenvalue weighted by Gasteiger charge is -2.28. The highest BCUT2D eigenvalue weighted by Gasteiger charge is 2.20. The van der Waals surface area contributed by atoms with Crippen LogP contribution >= 0.6 is 0 Å². The molecule has 0 amide bonds. The van der Waals surface area contributed by atoms with Gasteiger partial charge in [0.25, 0.3) is 0 Å². The van der Waals surface area contributed by atoms with Gasteiger partial charge in [-0.2, -0.15) is 0 Å². The summed E-state index contributed by atoms with van der Waals surface area (Å²) < 4.78 is 12.9. The van der Waals surface area contributed by atoms with Gasteiger partial charge >= 0.3 is 0 Å². The Kier molecular flexibility index (Phi) is 5.52. The van der Waals surface area contributed by atoms with E-state index in [-0.39, 0.29) is 11.9 Å². The fraction of sp³-hybridized carbons (Fsp3) is 0.625. The standard InChI is InChI=1S/C16H26FN3/c1-13-12-19(2)9-3-10-20(13)11-8-16(18)14-4-6-15(17)7-5-14/h4-7,13,16H,3,8-12,18H2,1-2H3. The second kappa shape index (κ2) is 7.16. The van der Waals surface area contributed by atoms with Gasteiger partial charge in [-0.05, 0) is 57.6 Å². The highest BCUT2D eigenvalue weighted by atomic mass is 19.1. The number of likely N-dealkylation sites (N-methyl/N-ethyl adjacent to an activating group) is 1. The quantitative estimate of drug-likeness (QED) is 0.917. The molecule has 0 spiro atoms. The Balaban J connectivity index is 1.86. The van der Waals surface area contributed by atoms with Crippen LogP contribution in [0.25, 0.3) is 0 Å². The molecule has 3 nitrogen and oxygen atoms in total. The van der Waals surface area contributed by atoms with Gasteiger partial charge in [-0.3, -0.25) is 4.90 Å². The number of rotatable bonds is 4. The van der Waals surface area contributed by atoms with Crippen LogP contribution in [0.15, 0.2) is 24.3 Å². The van der Waals surface area contributed by atoms with Crippen molar-refractivity contribution in [2.75, 3.05) is 33.2 Å². The lowest BCUT2D eigenvalue weighted by atomic mass is 10.0. The molecule has 1 aromatic rings. The van der Waals surface area contributed by atoms with Gasteiger partial charge in [-0.25, -0.2) is 4.39 Å². The van der Waals surface area contributed by atoms with Crippen molar-refractivity contribution in [3.63, 3.8) is 0 Å². The molecule has 2 atom stereocenters. The normalized spacial score (nSPS) is 23.5. The molecule has 2 N–H and O–H groups in total. The highest BCUT2D eigenvalue weighted by molar-refractivity contribution is 5.19. The number of hydrogen-bond donors (Lipinski definition) is 1. The summed E-state index contributed by atoms with van der Waals surface area (Å²) in [5, 5.41) is 0. The van der Waals surface area contributed by atoms with E-state index >= 15 is 0 Å². The van der Waals surface area contributed by atoms with Crippen molar-refractivity contribution < 1.29 is 4.39 Å². The van der Waals surface area contributed by atoms with Crippen molar-refractivity contribution in [3.8, 4) is 0 Å². The monoisotopic (exact) mass is 279 g/mol. The van der Waals surface area contributed by atoms with Gasteiger partial charge in [0.15, 0.2) is 0 Å². The zero-order chi connectivity index (χ0) is 14.5. The molecule has 0 aromatic heterocycles. The van der Waals surface area contributed by atoms with E-state index in [9.17, 15) is 4.39 Å². The van der Waals surface area contributed by atoms with E-state index in [4.69, 9.17) is 5.73 Å². The van der Waals surface area contributed by atoms with Crippen molar-refractivity contribution in [2.45, 2.75) is 31.8 Å². The summed E-state index contributed by atoms with van der Waals surface area (Å²) in [6, 6.07) is 7.11. The van der Waals surface area contributed by atoms with Gasteiger partial charge in [0.05, 0.1) is 0 Å². The minimum Gasteiger partial charge on any atom is -0.324 e. The first-order valence-corrected chi connectivity index (χ1v) is 7.50. The van der Waals surface area contributed by atoms with Crippen molar-refractivity contribution in [1.29, 1.82) is 0 Å². The van der Waals surface area contributed by atoms with E-state index in [0.29, 0.717) is 6.04 Å². The summed E-state index contributed by atoms with van der Waals surface area (Å²) >= 11 is 0. The first-order valence-electron chi connectivity index (χ1n) is 7.50. The molecule has 0 bridgehead atoms. The third-order valence-electron chi connectivity index (χ3n) is 4.21. The van der Waals surface area contributed by atoms with Gasteiger partial charge in [0.1, 0.15) is 5.82 Å². The number of benzene rings is 1. The first kappa shape index (κ1) is 15.4. The third kappa shape index (κ3) is 4.27. The molecule has 20 heavy (non-hydrogen) atoms. The van der Waals surface area contributed by atoms with E-state index < -0.39 is 0 Å². The molecule has 1 aromatic carbocycles. The van der Waals surface area contributed by atoms with E-state index in [1.54, 1.807) is 12.1 Å². The fourth-order valence-electron chi connectivity index (χ4n) is 2.94. The van der Waals surface area contributed by atoms with Gasteiger partial charge in [0, 0.05) is 25.2 Å². The Labute approximate surface area is 121 Å². The molecule has 2 rings (SSSR count). The van der Waals surface area contributed by atoms with Crippen molar-refractivity contribution in [2.24, 2.45) is 5.73 Å². The predicted molar refractivity (Wildman–Crippen MR) is 81.1 cm³/mol. The molecule has 1 aliphatic heterocycles. The number of nitrogens with zero attached hydrogens (tertiary/aromatic N) is 2. The van der Waals surface area contributed by atoms with Crippen LogP contribution in [0.3, 0.4) is 0 Å². The summed E-state index contributed by atoms with van der Waals surface area (Å²) in [6.07, 6.45) is 2.13. The molecule has 1 saturated heterocycles. The maximum absolute atomic E-state index is 12.9. The Morgan fingerprint density at radius 3 is 2.70 bits per heavy atom. The molecule has 2 unspecified atom stereocenters. The summed E-state index contributed by atoms with van der Waals surface area (Å²) in [4.78, 5) is 4.91. The van der Waals surface area contributed by atoms with Gasteiger partial charge < -0.3 is 10.6 Å². The number of nitrogens with two attached hydrogens (primary N) is 1. The Morgan fingerprint density at radius 2 is 2.00 bits per heavy atom. The maximum Gasteiger partial charge on any atom is 0.123 e. The summed E-state index contributed by atoms with van der Waals surface area (Å²) in [5.74, 6) is -0.204. The third-order valence-corrected chi connectivity index (χ3v) is 4.21. The lowest BCUT2D eigenvalue weighted by molar-refractivity contribution is 0.196. The second-order valence-corrected chi connectivity index (χ2v) is 5.95. The summed E-state index contributed by atoms with van der Waals surface area (Å²) in [7, 11) is 2.18. The van der Waals surface area contributed by atoms with Gasteiger partial charge in [0.2, 0.25) is 0 Å². The first-order chi connectivity index (χ1) is 9.56. The second-order valence-electron chi connectivity index (χ2n) is 5.95. The van der Waals surface area contributed by atoms with Crippen molar-refractivity contribution in [3.05, 3.63) is 35.6 Å². The predicted octanol–water partition coefficient (Wildman–Crippen LogP) is 2.24.